The molecular weight excluding hydrogens is 364 g/mol. The highest BCUT2D eigenvalue weighted by Crippen LogP contribution is 2.29. The number of carbonyl (C=O) groups is 3. The fourth-order valence-electron chi connectivity index (χ4n) is 2.71. The molecule has 0 radical (unpaired) electrons. The SMILES string of the molecule is COC(=O)c1ccc(N2NC(=O)/C(=C\c3ccc(OC)c(OC)c3)C2=O)cc1. The van der Waals surface area contributed by atoms with Gasteiger partial charge >= 0.3 is 5.97 Å². The number of nitrogens with one attached hydrogen (secondary N) is 1. The molecule has 0 aliphatic carbocycles. The third-order valence-corrected chi connectivity index (χ3v) is 4.16. The summed E-state index contributed by atoms with van der Waals surface area (Å²) in [6.45, 7) is 0. The fourth-order valence-corrected chi connectivity index (χ4v) is 2.71. The predicted molar refractivity (Wildman–Crippen MR) is 101 cm³/mol. The zero-order valence-corrected chi connectivity index (χ0v) is 15.5. The maximum atomic E-state index is 12.7. The number of hydrogen-bond acceptors (Lipinski definition) is 6. The molecule has 2 aromatic rings. The molecule has 1 fully saturated rings. The van der Waals surface area contributed by atoms with Crippen LogP contribution >= 0.6 is 0 Å². The lowest BCUT2D eigenvalue weighted by molar-refractivity contribution is -0.117. The van der Waals surface area contributed by atoms with Gasteiger partial charge in [-0.05, 0) is 48.0 Å². The molecule has 2 aromatic carbocycles. The predicted octanol–water partition coefficient (Wildman–Crippen LogP) is 1.95. The quantitative estimate of drug-likeness (QED) is 0.483. The molecule has 1 aliphatic heterocycles. The second-order valence-electron chi connectivity index (χ2n) is 5.79. The molecule has 8 heteroatoms. The van der Waals surface area contributed by atoms with Crippen molar-refractivity contribution in [3.8, 4) is 11.5 Å². The molecule has 28 heavy (non-hydrogen) atoms. The van der Waals surface area contributed by atoms with E-state index < -0.39 is 17.8 Å². The minimum absolute atomic E-state index is 0.0238. The van der Waals surface area contributed by atoms with E-state index in [1.807, 2.05) is 0 Å². The normalized spacial score (nSPS) is 14.8. The molecule has 8 nitrogen and oxygen atoms in total. The smallest absolute Gasteiger partial charge is 0.337 e. The molecule has 1 heterocycles. The molecule has 0 aromatic heterocycles. The Balaban J connectivity index is 1.87. The first kappa shape index (κ1) is 19.0. The van der Waals surface area contributed by atoms with Crippen LogP contribution in [0.15, 0.2) is 48.0 Å². The van der Waals surface area contributed by atoms with Crippen LogP contribution in [0.2, 0.25) is 0 Å². The zero-order chi connectivity index (χ0) is 20.3. The van der Waals surface area contributed by atoms with Gasteiger partial charge in [0, 0.05) is 0 Å². The van der Waals surface area contributed by atoms with Crippen LogP contribution in [0.4, 0.5) is 5.69 Å². The fraction of sp³-hybridized carbons (Fsp3) is 0.150. The van der Waals surface area contributed by atoms with Gasteiger partial charge in [-0.2, -0.15) is 0 Å². The van der Waals surface area contributed by atoms with Crippen molar-refractivity contribution in [3.05, 3.63) is 59.2 Å². The third kappa shape index (κ3) is 3.52. The monoisotopic (exact) mass is 382 g/mol. The van der Waals surface area contributed by atoms with E-state index in [2.05, 4.69) is 10.2 Å². The molecule has 0 spiro atoms. The average molecular weight is 382 g/mol. The highest BCUT2D eigenvalue weighted by atomic mass is 16.5. The van der Waals surface area contributed by atoms with Crippen LogP contribution in [-0.2, 0) is 14.3 Å². The summed E-state index contributed by atoms with van der Waals surface area (Å²) in [7, 11) is 4.31. The average Bonchev–Trinajstić information content (AvgIpc) is 3.01. The number of amides is 2. The Kier molecular flexibility index (Phi) is 5.30. The third-order valence-electron chi connectivity index (χ3n) is 4.16. The minimum Gasteiger partial charge on any atom is -0.493 e. The summed E-state index contributed by atoms with van der Waals surface area (Å²) in [5, 5.41) is 1.12. The van der Waals surface area contributed by atoms with Gasteiger partial charge in [0.05, 0.1) is 32.6 Å². The Bertz CT molecular complexity index is 965. The van der Waals surface area contributed by atoms with Gasteiger partial charge in [-0.25, -0.2) is 9.80 Å². The summed E-state index contributed by atoms with van der Waals surface area (Å²) >= 11 is 0. The van der Waals surface area contributed by atoms with Crippen LogP contribution in [0.3, 0.4) is 0 Å². The molecular formula is C20H18N2O6. The Labute approximate surface area is 161 Å². The Hall–Kier alpha value is -3.81. The molecule has 0 bridgehead atoms. The van der Waals surface area contributed by atoms with E-state index in [0.717, 1.165) is 5.01 Å². The van der Waals surface area contributed by atoms with Gasteiger partial charge < -0.3 is 14.2 Å². The van der Waals surface area contributed by atoms with Gasteiger partial charge in [-0.1, -0.05) is 6.07 Å². The van der Waals surface area contributed by atoms with Crippen LogP contribution in [0, 0.1) is 0 Å². The standard InChI is InChI=1S/C20H18N2O6/c1-26-16-9-4-12(11-17(16)27-2)10-15-18(23)21-22(19(15)24)14-7-5-13(6-8-14)20(25)28-3/h4-11H,1-3H3,(H,21,23)/b15-10+. The van der Waals surface area contributed by atoms with E-state index >= 15 is 0 Å². The van der Waals surface area contributed by atoms with Gasteiger partial charge in [0.15, 0.2) is 11.5 Å². The highest BCUT2D eigenvalue weighted by molar-refractivity contribution is 6.31. The van der Waals surface area contributed by atoms with E-state index in [4.69, 9.17) is 9.47 Å². The van der Waals surface area contributed by atoms with E-state index in [1.54, 1.807) is 30.3 Å². The molecule has 1 N–H and O–H groups in total. The van der Waals surface area contributed by atoms with Crippen molar-refractivity contribution in [1.29, 1.82) is 0 Å². The van der Waals surface area contributed by atoms with Crippen LogP contribution in [0.5, 0.6) is 11.5 Å². The van der Waals surface area contributed by atoms with E-state index in [1.165, 1.54) is 39.5 Å². The number of carbonyl (C=O) groups excluding carboxylic acids is 3. The maximum Gasteiger partial charge on any atom is 0.337 e. The van der Waals surface area contributed by atoms with Gasteiger partial charge in [-0.15, -0.1) is 0 Å². The summed E-state index contributed by atoms with van der Waals surface area (Å²) in [4.78, 5) is 36.5. The number of methoxy groups -OCH3 is 3. The van der Waals surface area contributed by atoms with Crippen molar-refractivity contribution >= 4 is 29.5 Å². The van der Waals surface area contributed by atoms with E-state index in [0.29, 0.717) is 28.3 Å². The minimum atomic E-state index is -0.531. The number of esters is 1. The van der Waals surface area contributed by atoms with Crippen LogP contribution in [0.1, 0.15) is 15.9 Å². The summed E-state index contributed by atoms with van der Waals surface area (Å²) in [5.74, 6) is -0.503. The molecule has 144 valence electrons. The number of nitrogens with zero attached hydrogens (tertiary/aromatic N) is 1. The zero-order valence-electron chi connectivity index (χ0n) is 15.5. The van der Waals surface area contributed by atoms with Crippen molar-refractivity contribution < 1.29 is 28.6 Å². The Morgan fingerprint density at radius 1 is 0.964 bits per heavy atom. The second kappa shape index (κ2) is 7.83. The lowest BCUT2D eigenvalue weighted by Crippen LogP contribution is -2.35. The first-order valence-corrected chi connectivity index (χ1v) is 8.26. The van der Waals surface area contributed by atoms with Gasteiger partial charge in [-0.3, -0.25) is 15.0 Å². The lowest BCUT2D eigenvalue weighted by Gasteiger charge is -2.14. The van der Waals surface area contributed by atoms with E-state index in [9.17, 15) is 14.4 Å². The van der Waals surface area contributed by atoms with Gasteiger partial charge in [0.1, 0.15) is 5.57 Å². The van der Waals surface area contributed by atoms with Gasteiger partial charge in [0.2, 0.25) is 0 Å². The number of benzene rings is 2. The van der Waals surface area contributed by atoms with E-state index in [-0.39, 0.29) is 5.57 Å². The molecule has 0 saturated carbocycles. The van der Waals surface area contributed by atoms with Crippen molar-refractivity contribution in [3.63, 3.8) is 0 Å². The van der Waals surface area contributed by atoms with Crippen LogP contribution in [0.25, 0.3) is 6.08 Å². The number of anilines is 1. The van der Waals surface area contributed by atoms with Gasteiger partial charge in [0.25, 0.3) is 11.8 Å². The Morgan fingerprint density at radius 3 is 2.25 bits per heavy atom. The highest BCUT2D eigenvalue weighted by Gasteiger charge is 2.34. The number of hydrazine groups is 1. The summed E-state index contributed by atoms with van der Waals surface area (Å²) < 4.78 is 15.1. The van der Waals surface area contributed by atoms with Crippen molar-refractivity contribution in [2.45, 2.75) is 0 Å². The molecule has 1 saturated heterocycles. The first-order chi connectivity index (χ1) is 13.5. The number of rotatable bonds is 5. The second-order valence-corrected chi connectivity index (χ2v) is 5.79. The van der Waals surface area contributed by atoms with Crippen LogP contribution < -0.4 is 19.9 Å². The lowest BCUT2D eigenvalue weighted by atomic mass is 10.1. The Morgan fingerprint density at radius 2 is 1.64 bits per heavy atom. The van der Waals surface area contributed by atoms with Crippen molar-refractivity contribution in [2.75, 3.05) is 26.3 Å². The largest absolute Gasteiger partial charge is 0.493 e. The molecule has 0 unspecified atom stereocenters. The number of ether oxygens (including phenoxy) is 3. The molecule has 0 atom stereocenters. The van der Waals surface area contributed by atoms with Crippen LogP contribution in [-0.4, -0.2) is 39.1 Å². The molecule has 1 aliphatic rings. The number of hydrogen-bond donors (Lipinski definition) is 1. The van der Waals surface area contributed by atoms with Crippen molar-refractivity contribution in [2.24, 2.45) is 0 Å². The summed E-state index contributed by atoms with van der Waals surface area (Å²) in [6, 6.07) is 11.2. The molecule has 3 rings (SSSR count). The summed E-state index contributed by atoms with van der Waals surface area (Å²) in [6.07, 6.45) is 1.47. The molecule has 2 amide bonds. The summed E-state index contributed by atoms with van der Waals surface area (Å²) in [5.41, 5.74) is 3.85. The first-order valence-electron chi connectivity index (χ1n) is 8.26. The topological polar surface area (TPSA) is 94.2 Å². The maximum absolute atomic E-state index is 12.7. The van der Waals surface area contributed by atoms with Crippen molar-refractivity contribution in [1.82, 2.24) is 5.43 Å².